The summed E-state index contributed by atoms with van der Waals surface area (Å²) in [7, 11) is -2.69. The highest BCUT2D eigenvalue weighted by Gasteiger charge is 2.54. The van der Waals surface area contributed by atoms with Gasteiger partial charge >= 0.3 is 20.0 Å². The molecule has 0 amide bonds. The zero-order valence-corrected chi connectivity index (χ0v) is 11.8. The van der Waals surface area contributed by atoms with Crippen molar-refractivity contribution in [1.29, 1.82) is 0 Å². The Hall–Kier alpha value is -1.48. The fourth-order valence-corrected chi connectivity index (χ4v) is 1.67. The molecule has 0 N–H and O–H groups in total. The van der Waals surface area contributed by atoms with Crippen molar-refractivity contribution in [3.63, 3.8) is 0 Å². The van der Waals surface area contributed by atoms with Crippen LogP contribution in [0.3, 0.4) is 0 Å². The second-order valence-corrected chi connectivity index (χ2v) is 8.35. The lowest BCUT2D eigenvalue weighted by Gasteiger charge is -2.28. The summed E-state index contributed by atoms with van der Waals surface area (Å²) in [6.45, 7) is 2.14. The maximum Gasteiger partial charge on any atom is 0.397 e. The molecule has 0 spiro atoms. The molecule has 9 heteroatoms. The summed E-state index contributed by atoms with van der Waals surface area (Å²) in [6.07, 6.45) is 0. The maximum atomic E-state index is 13.7. The van der Waals surface area contributed by atoms with Crippen LogP contribution >= 0.6 is 0 Å². The Labute approximate surface area is 112 Å². The monoisotopic (exact) mass is 314 g/mol. The van der Waals surface area contributed by atoms with Crippen molar-refractivity contribution in [3.05, 3.63) is 35.1 Å². The van der Waals surface area contributed by atoms with E-state index in [1.54, 1.807) is 0 Å². The predicted molar refractivity (Wildman–Crippen MR) is 61.2 cm³/mol. The van der Waals surface area contributed by atoms with Crippen LogP contribution in [0.25, 0.3) is 0 Å². The predicted octanol–water partition coefficient (Wildman–Crippen LogP) is 3.24. The third kappa shape index (κ3) is 2.98. The Bertz CT molecular complexity index is 533. The van der Waals surface area contributed by atoms with E-state index in [2.05, 4.69) is 9.16 Å². The number of hydrogen-bond acceptors (Lipinski definition) is 3. The minimum Gasteiger partial charge on any atom is -0.411 e. The molecule has 0 heterocycles. The van der Waals surface area contributed by atoms with Crippen molar-refractivity contribution in [2.45, 2.75) is 18.8 Å². The van der Waals surface area contributed by atoms with Crippen molar-refractivity contribution in [2.24, 2.45) is 0 Å². The van der Waals surface area contributed by atoms with Gasteiger partial charge in [0.1, 0.15) is 0 Å². The molecule has 0 unspecified atom stereocenters. The Morgan fingerprint density at radius 2 is 1.70 bits per heavy atom. The molecule has 3 nitrogen and oxygen atoms in total. The van der Waals surface area contributed by atoms with E-state index in [9.17, 15) is 26.7 Å². The van der Waals surface area contributed by atoms with Gasteiger partial charge in [0, 0.05) is 7.11 Å². The number of carbonyl (C=O) groups is 1. The van der Waals surface area contributed by atoms with Gasteiger partial charge in [-0.1, -0.05) is 0 Å². The van der Waals surface area contributed by atoms with Crippen molar-refractivity contribution in [3.8, 4) is 0 Å². The average Bonchev–Trinajstić information content (AvgIpc) is 2.35. The highest BCUT2D eigenvalue weighted by Crippen LogP contribution is 2.30. The third-order valence-corrected chi connectivity index (χ3v) is 5.21. The zero-order valence-electron chi connectivity index (χ0n) is 10.8. The molecule has 0 aliphatic heterocycles. The molecule has 0 aliphatic carbocycles. The Morgan fingerprint density at radius 1 is 1.15 bits per heavy atom. The minimum absolute atomic E-state index is 0.437. The van der Waals surface area contributed by atoms with Crippen molar-refractivity contribution in [1.82, 2.24) is 0 Å². The highest BCUT2D eigenvalue weighted by atomic mass is 28.4. The van der Waals surface area contributed by atoms with Gasteiger partial charge in [0.2, 0.25) is 0 Å². The van der Waals surface area contributed by atoms with Crippen LogP contribution in [0.5, 0.6) is 0 Å². The van der Waals surface area contributed by atoms with E-state index < -0.39 is 43.0 Å². The van der Waals surface area contributed by atoms with E-state index in [4.69, 9.17) is 0 Å². The molecular weight excluding hydrogens is 303 g/mol. The normalized spacial score (nSPS) is 12.4. The number of hydrogen-bond donors (Lipinski definition) is 0. The average molecular weight is 314 g/mol. The van der Waals surface area contributed by atoms with Gasteiger partial charge in [-0.25, -0.2) is 18.0 Å². The Balaban J connectivity index is 3.07. The van der Waals surface area contributed by atoms with Crippen LogP contribution in [-0.2, 0) is 9.16 Å². The number of halogens is 5. The second kappa shape index (κ2) is 5.48. The number of ether oxygens (including phenoxy) is 1. The van der Waals surface area contributed by atoms with Crippen LogP contribution < -0.4 is 0 Å². The SMILES string of the molecule is CO[Si](C)(C)C(F)(F)OC(=O)c1ccc(F)c(F)c1F. The standard InChI is InChI=1S/C11H11F5O3Si/c1-18-20(2,3)11(15,16)19-10(17)6-4-5-7(12)9(14)8(6)13/h4-5H,1-3H3. The van der Waals surface area contributed by atoms with E-state index in [-0.39, 0.29) is 0 Å². The maximum absolute atomic E-state index is 13.7. The van der Waals surface area contributed by atoms with Gasteiger partial charge in [-0.2, -0.15) is 8.78 Å². The van der Waals surface area contributed by atoms with Crippen LogP contribution in [0, 0.1) is 17.5 Å². The molecule has 1 aromatic rings. The summed E-state index contributed by atoms with van der Waals surface area (Å²) in [4.78, 5) is 11.4. The number of rotatable bonds is 4. The van der Waals surface area contributed by atoms with Crippen LogP contribution in [0.2, 0.25) is 13.1 Å². The van der Waals surface area contributed by atoms with Gasteiger partial charge in [0.15, 0.2) is 17.5 Å². The molecule has 1 aromatic carbocycles. The summed E-state index contributed by atoms with van der Waals surface area (Å²) in [5.74, 6) is -7.17. The summed E-state index contributed by atoms with van der Waals surface area (Å²) < 4.78 is 74.7. The topological polar surface area (TPSA) is 35.5 Å². The first-order chi connectivity index (χ1) is 9.03. The van der Waals surface area contributed by atoms with Crippen molar-refractivity contribution in [2.75, 3.05) is 7.11 Å². The van der Waals surface area contributed by atoms with Crippen molar-refractivity contribution < 1.29 is 35.9 Å². The van der Waals surface area contributed by atoms with Gasteiger partial charge in [-0.3, -0.25) is 0 Å². The summed E-state index contributed by atoms with van der Waals surface area (Å²) in [5, 5.41) is 0. The van der Waals surface area contributed by atoms with E-state index in [0.29, 0.717) is 12.1 Å². The molecule has 0 bridgehead atoms. The molecule has 0 radical (unpaired) electrons. The molecule has 0 fully saturated rings. The molecule has 0 aliphatic rings. The lowest BCUT2D eigenvalue weighted by atomic mass is 10.2. The molecule has 20 heavy (non-hydrogen) atoms. The minimum atomic E-state index is -3.96. The van der Waals surface area contributed by atoms with Crippen LogP contribution in [0.15, 0.2) is 12.1 Å². The van der Waals surface area contributed by atoms with Gasteiger partial charge in [0.05, 0.1) is 5.56 Å². The quantitative estimate of drug-likeness (QED) is 0.370. The van der Waals surface area contributed by atoms with E-state index >= 15 is 0 Å². The van der Waals surface area contributed by atoms with Gasteiger partial charge < -0.3 is 9.16 Å². The van der Waals surface area contributed by atoms with E-state index in [0.717, 1.165) is 20.2 Å². The van der Waals surface area contributed by atoms with E-state index in [1.165, 1.54) is 0 Å². The second-order valence-electron chi connectivity index (χ2n) is 4.34. The summed E-state index contributed by atoms with van der Waals surface area (Å²) in [6, 6.07) is 0.958. The first-order valence-electron chi connectivity index (χ1n) is 5.33. The van der Waals surface area contributed by atoms with Crippen LogP contribution in [-0.4, -0.2) is 27.1 Å². The molecule has 0 saturated heterocycles. The number of alkyl halides is 2. The number of carbonyl (C=O) groups excluding carboxylic acids is 1. The largest absolute Gasteiger partial charge is 0.411 e. The van der Waals surface area contributed by atoms with Crippen molar-refractivity contribution >= 4 is 14.3 Å². The summed E-state index contributed by atoms with van der Waals surface area (Å²) in [5.41, 5.74) is -5.08. The number of benzene rings is 1. The van der Waals surface area contributed by atoms with Crippen LogP contribution in [0.1, 0.15) is 10.4 Å². The molecule has 0 aromatic heterocycles. The Kier molecular flexibility index (Phi) is 4.54. The van der Waals surface area contributed by atoms with Crippen LogP contribution in [0.4, 0.5) is 22.0 Å². The Morgan fingerprint density at radius 3 is 2.20 bits per heavy atom. The van der Waals surface area contributed by atoms with E-state index in [1.807, 2.05) is 0 Å². The third-order valence-electron chi connectivity index (χ3n) is 2.69. The van der Waals surface area contributed by atoms with Gasteiger partial charge in [-0.05, 0) is 25.2 Å². The first-order valence-corrected chi connectivity index (χ1v) is 8.24. The van der Waals surface area contributed by atoms with Gasteiger partial charge in [0.25, 0.3) is 0 Å². The molecule has 112 valence electrons. The smallest absolute Gasteiger partial charge is 0.397 e. The lowest BCUT2D eigenvalue weighted by molar-refractivity contribution is -0.150. The molecule has 1 rings (SSSR count). The molecule has 0 atom stereocenters. The molecule has 0 saturated carbocycles. The van der Waals surface area contributed by atoms with Gasteiger partial charge in [-0.15, -0.1) is 0 Å². The zero-order chi connectivity index (χ0) is 15.7. The highest BCUT2D eigenvalue weighted by molar-refractivity contribution is 6.73. The molecular formula is C11H11F5O3Si. The number of esters is 1. The summed E-state index contributed by atoms with van der Waals surface area (Å²) >= 11 is 0. The lowest BCUT2D eigenvalue weighted by Crippen LogP contribution is -2.52. The fourth-order valence-electron chi connectivity index (χ4n) is 1.10. The fraction of sp³-hybridized carbons (Fsp3) is 0.364. The first kappa shape index (κ1) is 16.6.